The molecule has 2 heterocycles. The van der Waals surface area contributed by atoms with E-state index in [0.717, 1.165) is 5.39 Å². The number of anilines is 1. The number of ether oxygens (including phenoxy) is 1. The third kappa shape index (κ3) is 2.67. The van der Waals surface area contributed by atoms with Gasteiger partial charge in [0.2, 0.25) is 0 Å². The molecule has 2 aromatic rings. The molecule has 22 heavy (non-hydrogen) atoms. The lowest BCUT2D eigenvalue weighted by atomic mass is 10.1. The normalized spacial score (nSPS) is 19.4. The molecule has 3 rings (SSSR count). The van der Waals surface area contributed by atoms with E-state index in [9.17, 15) is 8.42 Å². The number of rotatable bonds is 2. The zero-order valence-electron chi connectivity index (χ0n) is 12.6. The SMILES string of the molecule is CC1(C)CN(S(=O)(=O)c2cc(N)c3ccccc3n2)CCO1. The van der Waals surface area contributed by atoms with Crippen molar-refractivity contribution in [2.75, 3.05) is 25.4 Å². The van der Waals surface area contributed by atoms with Crippen LogP contribution in [0.4, 0.5) is 5.69 Å². The number of para-hydroxylation sites is 1. The second kappa shape index (κ2) is 5.19. The standard InChI is InChI=1S/C15H19N3O3S/c1-15(2)10-18(7-8-21-15)22(19,20)14-9-12(16)11-5-3-4-6-13(11)17-14/h3-6,9H,7-8,10H2,1-2H3,(H2,16,17). The van der Waals surface area contributed by atoms with E-state index < -0.39 is 15.6 Å². The Morgan fingerprint density at radius 3 is 2.77 bits per heavy atom. The van der Waals surface area contributed by atoms with Crippen LogP contribution in [0.25, 0.3) is 10.9 Å². The monoisotopic (exact) mass is 321 g/mol. The molecule has 0 spiro atoms. The van der Waals surface area contributed by atoms with Gasteiger partial charge in [0.05, 0.1) is 17.7 Å². The molecule has 1 saturated heterocycles. The first-order valence-electron chi connectivity index (χ1n) is 7.09. The molecule has 0 unspecified atom stereocenters. The van der Waals surface area contributed by atoms with Gasteiger partial charge in [0.25, 0.3) is 10.0 Å². The average molecular weight is 321 g/mol. The Labute approximate surface area is 129 Å². The number of hydrogen-bond acceptors (Lipinski definition) is 5. The van der Waals surface area contributed by atoms with Crippen LogP contribution >= 0.6 is 0 Å². The van der Waals surface area contributed by atoms with Gasteiger partial charge in [0.15, 0.2) is 5.03 Å². The second-order valence-electron chi connectivity index (χ2n) is 6.01. The van der Waals surface area contributed by atoms with Crippen LogP contribution in [0.15, 0.2) is 35.4 Å². The van der Waals surface area contributed by atoms with E-state index in [1.54, 1.807) is 6.07 Å². The van der Waals surface area contributed by atoms with Crippen LogP contribution < -0.4 is 5.73 Å². The number of nitrogen functional groups attached to an aromatic ring is 1. The fourth-order valence-corrected chi connectivity index (χ4v) is 4.17. The smallest absolute Gasteiger partial charge is 0.260 e. The van der Waals surface area contributed by atoms with Crippen molar-refractivity contribution >= 4 is 26.6 Å². The summed E-state index contributed by atoms with van der Waals surface area (Å²) >= 11 is 0. The Hall–Kier alpha value is -1.70. The minimum absolute atomic E-state index is 0.0126. The summed E-state index contributed by atoms with van der Waals surface area (Å²) in [5.74, 6) is 0. The molecule has 6 nitrogen and oxygen atoms in total. The molecule has 1 fully saturated rings. The number of benzene rings is 1. The molecule has 0 bridgehead atoms. The van der Waals surface area contributed by atoms with E-state index in [2.05, 4.69) is 4.98 Å². The Balaban J connectivity index is 2.06. The van der Waals surface area contributed by atoms with Crippen LogP contribution in [0.3, 0.4) is 0 Å². The van der Waals surface area contributed by atoms with Crippen molar-refractivity contribution in [3.8, 4) is 0 Å². The molecule has 2 N–H and O–H groups in total. The molecule has 0 aliphatic carbocycles. The van der Waals surface area contributed by atoms with Crippen molar-refractivity contribution in [2.24, 2.45) is 0 Å². The van der Waals surface area contributed by atoms with Gasteiger partial charge in [-0.1, -0.05) is 18.2 Å². The van der Waals surface area contributed by atoms with Gasteiger partial charge in [0.1, 0.15) is 0 Å². The minimum atomic E-state index is -3.68. The third-order valence-corrected chi connectivity index (χ3v) is 5.45. The largest absolute Gasteiger partial charge is 0.398 e. The maximum Gasteiger partial charge on any atom is 0.260 e. The van der Waals surface area contributed by atoms with Crippen molar-refractivity contribution < 1.29 is 13.2 Å². The van der Waals surface area contributed by atoms with Crippen LogP contribution in [0, 0.1) is 0 Å². The lowest BCUT2D eigenvalue weighted by molar-refractivity contribution is -0.0640. The first-order chi connectivity index (χ1) is 10.3. The van der Waals surface area contributed by atoms with Gasteiger partial charge in [-0.3, -0.25) is 0 Å². The fraction of sp³-hybridized carbons (Fsp3) is 0.400. The molecule has 118 valence electrons. The van der Waals surface area contributed by atoms with Crippen LogP contribution in [0.5, 0.6) is 0 Å². The van der Waals surface area contributed by atoms with Crippen molar-refractivity contribution in [1.82, 2.24) is 9.29 Å². The van der Waals surface area contributed by atoms with Gasteiger partial charge in [-0.25, -0.2) is 13.4 Å². The van der Waals surface area contributed by atoms with Gasteiger partial charge in [-0.2, -0.15) is 4.31 Å². The molecule has 0 radical (unpaired) electrons. The molecule has 1 aliphatic heterocycles. The van der Waals surface area contributed by atoms with Gasteiger partial charge < -0.3 is 10.5 Å². The molecule has 0 atom stereocenters. The summed E-state index contributed by atoms with van der Waals surface area (Å²) in [7, 11) is -3.68. The number of pyridine rings is 1. The van der Waals surface area contributed by atoms with Gasteiger partial charge in [-0.15, -0.1) is 0 Å². The summed E-state index contributed by atoms with van der Waals surface area (Å²) in [6, 6.07) is 8.67. The summed E-state index contributed by atoms with van der Waals surface area (Å²) in [5, 5.41) is 0.741. The topological polar surface area (TPSA) is 85.5 Å². The maximum absolute atomic E-state index is 12.8. The average Bonchev–Trinajstić information content (AvgIpc) is 2.46. The van der Waals surface area contributed by atoms with E-state index in [-0.39, 0.29) is 5.03 Å². The number of aromatic nitrogens is 1. The fourth-order valence-electron chi connectivity index (χ4n) is 2.62. The molecule has 1 aliphatic rings. The molecular weight excluding hydrogens is 302 g/mol. The summed E-state index contributed by atoms with van der Waals surface area (Å²) < 4.78 is 32.6. The Bertz CT molecular complexity index is 818. The highest BCUT2D eigenvalue weighted by Crippen LogP contribution is 2.27. The first kappa shape index (κ1) is 15.2. The Morgan fingerprint density at radius 1 is 1.32 bits per heavy atom. The number of morpholine rings is 1. The Kier molecular flexibility index (Phi) is 3.58. The zero-order valence-corrected chi connectivity index (χ0v) is 13.4. The quantitative estimate of drug-likeness (QED) is 0.908. The highest BCUT2D eigenvalue weighted by Gasteiger charge is 2.35. The summed E-state index contributed by atoms with van der Waals surface area (Å²) in [4.78, 5) is 4.28. The van der Waals surface area contributed by atoms with E-state index in [1.165, 1.54) is 10.4 Å². The molecular formula is C15H19N3O3S. The predicted molar refractivity (Wildman–Crippen MR) is 84.9 cm³/mol. The summed E-state index contributed by atoms with van der Waals surface area (Å²) in [5.41, 5.74) is 6.47. The number of hydrogen-bond donors (Lipinski definition) is 1. The molecule has 1 aromatic carbocycles. The van der Waals surface area contributed by atoms with Gasteiger partial charge in [-0.05, 0) is 19.9 Å². The van der Waals surface area contributed by atoms with Crippen molar-refractivity contribution in [3.05, 3.63) is 30.3 Å². The second-order valence-corrected chi connectivity index (χ2v) is 7.90. The molecule has 0 amide bonds. The third-order valence-electron chi connectivity index (χ3n) is 3.72. The number of sulfonamides is 1. The molecule has 0 saturated carbocycles. The first-order valence-corrected chi connectivity index (χ1v) is 8.53. The van der Waals surface area contributed by atoms with Crippen molar-refractivity contribution in [2.45, 2.75) is 24.5 Å². The van der Waals surface area contributed by atoms with Crippen LogP contribution in [0.2, 0.25) is 0 Å². The van der Waals surface area contributed by atoms with Crippen molar-refractivity contribution in [3.63, 3.8) is 0 Å². The van der Waals surface area contributed by atoms with Crippen molar-refractivity contribution in [1.29, 1.82) is 0 Å². The Morgan fingerprint density at radius 2 is 2.05 bits per heavy atom. The van der Waals surface area contributed by atoms with Gasteiger partial charge >= 0.3 is 0 Å². The number of fused-ring (bicyclic) bond motifs is 1. The predicted octanol–water partition coefficient (Wildman–Crippen LogP) is 1.62. The summed E-state index contributed by atoms with van der Waals surface area (Å²) in [6.45, 7) is 4.73. The van der Waals surface area contributed by atoms with Crippen LogP contribution in [0.1, 0.15) is 13.8 Å². The minimum Gasteiger partial charge on any atom is -0.398 e. The highest BCUT2D eigenvalue weighted by atomic mass is 32.2. The summed E-state index contributed by atoms with van der Waals surface area (Å²) in [6.07, 6.45) is 0. The van der Waals surface area contributed by atoms with E-state index in [4.69, 9.17) is 10.5 Å². The zero-order chi connectivity index (χ0) is 16.0. The van der Waals surface area contributed by atoms with E-state index in [0.29, 0.717) is 30.9 Å². The van der Waals surface area contributed by atoms with Crippen LogP contribution in [-0.4, -0.2) is 43.0 Å². The molecule has 1 aromatic heterocycles. The lowest BCUT2D eigenvalue weighted by Gasteiger charge is -2.37. The highest BCUT2D eigenvalue weighted by molar-refractivity contribution is 7.89. The van der Waals surface area contributed by atoms with Crippen LogP contribution in [-0.2, 0) is 14.8 Å². The maximum atomic E-state index is 12.8. The van der Waals surface area contributed by atoms with Gasteiger partial charge in [0, 0.05) is 30.2 Å². The number of nitrogens with zero attached hydrogens (tertiary/aromatic N) is 2. The number of nitrogens with two attached hydrogens (primary N) is 1. The lowest BCUT2D eigenvalue weighted by Crippen LogP contribution is -2.50. The molecule has 7 heteroatoms. The van der Waals surface area contributed by atoms with E-state index >= 15 is 0 Å². The van der Waals surface area contributed by atoms with E-state index in [1.807, 2.05) is 32.0 Å².